The van der Waals surface area contributed by atoms with E-state index < -0.39 is 27.0 Å². The van der Waals surface area contributed by atoms with E-state index in [0.717, 1.165) is 29.2 Å². The van der Waals surface area contributed by atoms with Crippen LogP contribution in [0.15, 0.2) is 53.7 Å². The van der Waals surface area contributed by atoms with Crippen LogP contribution in [0.1, 0.15) is 0 Å². The van der Waals surface area contributed by atoms with E-state index in [0.29, 0.717) is 24.3 Å². The quantitative estimate of drug-likeness (QED) is 0.691. The molecule has 1 aromatic carbocycles. The van der Waals surface area contributed by atoms with Gasteiger partial charge in [-0.25, -0.2) is 12.4 Å². The minimum atomic E-state index is -5.02. The molecule has 1 saturated heterocycles. The van der Waals surface area contributed by atoms with E-state index in [4.69, 9.17) is 0 Å². The van der Waals surface area contributed by atoms with Gasteiger partial charge in [0.15, 0.2) is 0 Å². The number of alkyl halides is 3. The van der Waals surface area contributed by atoms with Gasteiger partial charge in [0.1, 0.15) is 16.2 Å². The fourth-order valence-electron chi connectivity index (χ4n) is 3.33. The molecule has 1 fully saturated rings. The van der Waals surface area contributed by atoms with Crippen LogP contribution in [0.5, 0.6) is 5.75 Å². The molecule has 154 valence electrons. The molecule has 0 atom stereocenters. The molecule has 0 amide bonds. The Bertz CT molecular complexity index is 1140. The summed E-state index contributed by atoms with van der Waals surface area (Å²) in [6.45, 7) is 2.77. The summed E-state index contributed by atoms with van der Waals surface area (Å²) in [5.74, 6) is -0.783. The van der Waals surface area contributed by atoms with Gasteiger partial charge in [-0.15, -0.1) is 13.2 Å². The first-order valence-electron chi connectivity index (χ1n) is 8.79. The van der Waals surface area contributed by atoms with Gasteiger partial charge in [0.05, 0.1) is 11.2 Å². The highest BCUT2D eigenvalue weighted by Gasteiger charge is 2.35. The maximum atomic E-state index is 13.3. The van der Waals surface area contributed by atoms with Crippen LogP contribution in [0.3, 0.4) is 0 Å². The molecule has 0 unspecified atom stereocenters. The average Bonchev–Trinajstić information content (AvgIpc) is 3.08. The minimum absolute atomic E-state index is 0.280. The van der Waals surface area contributed by atoms with E-state index >= 15 is 0 Å². The Morgan fingerprint density at radius 1 is 1.07 bits per heavy atom. The van der Waals surface area contributed by atoms with Crippen LogP contribution in [0.4, 0.5) is 18.9 Å². The van der Waals surface area contributed by atoms with Gasteiger partial charge < -0.3 is 15.0 Å². The largest absolute Gasteiger partial charge is 0.573 e. The van der Waals surface area contributed by atoms with Gasteiger partial charge in [-0.05, 0) is 24.3 Å². The molecule has 7 nitrogen and oxygen atoms in total. The molecule has 3 heterocycles. The molecule has 0 spiro atoms. The molecule has 1 N–H and O–H groups in total. The number of aromatic nitrogens is 2. The van der Waals surface area contributed by atoms with Crippen molar-refractivity contribution in [1.29, 1.82) is 0 Å². The van der Waals surface area contributed by atoms with Crippen molar-refractivity contribution < 1.29 is 26.3 Å². The van der Waals surface area contributed by atoms with E-state index in [1.165, 1.54) is 18.3 Å². The van der Waals surface area contributed by atoms with Gasteiger partial charge in [-0.1, -0.05) is 12.1 Å². The topological polar surface area (TPSA) is 76.5 Å². The number of ether oxygens (including phenoxy) is 1. The third kappa shape index (κ3) is 3.75. The van der Waals surface area contributed by atoms with Gasteiger partial charge in [-0.2, -0.15) is 0 Å². The van der Waals surface area contributed by atoms with Crippen LogP contribution >= 0.6 is 0 Å². The average molecular weight is 426 g/mol. The van der Waals surface area contributed by atoms with Crippen molar-refractivity contribution >= 4 is 26.7 Å². The van der Waals surface area contributed by atoms with Crippen molar-refractivity contribution in [3.63, 3.8) is 0 Å². The molecule has 29 heavy (non-hydrogen) atoms. The van der Waals surface area contributed by atoms with Gasteiger partial charge in [0.25, 0.3) is 10.0 Å². The summed E-state index contributed by atoms with van der Waals surface area (Å²) in [5, 5.41) is 3.21. The molecule has 0 saturated carbocycles. The van der Waals surface area contributed by atoms with Crippen molar-refractivity contribution in [3.8, 4) is 5.75 Å². The summed E-state index contributed by atoms with van der Waals surface area (Å²) in [6, 6.07) is 7.83. The molecular weight excluding hydrogens is 409 g/mol. The van der Waals surface area contributed by atoms with Crippen molar-refractivity contribution in [2.45, 2.75) is 11.3 Å². The summed E-state index contributed by atoms with van der Waals surface area (Å²) in [6.07, 6.45) is -2.06. The second-order valence-corrected chi connectivity index (χ2v) is 8.20. The highest BCUT2D eigenvalue weighted by Crippen LogP contribution is 2.35. The summed E-state index contributed by atoms with van der Waals surface area (Å²) in [7, 11) is -4.38. The molecule has 4 rings (SSSR count). The molecule has 0 aliphatic carbocycles. The van der Waals surface area contributed by atoms with Crippen LogP contribution in [0.25, 0.3) is 11.0 Å². The van der Waals surface area contributed by atoms with Gasteiger partial charge in [0.2, 0.25) is 0 Å². The van der Waals surface area contributed by atoms with Crippen molar-refractivity contribution in [2.75, 3.05) is 31.1 Å². The first-order chi connectivity index (χ1) is 13.8. The standard InChI is InChI=1S/C18H17F3N4O3S/c19-18(20,21)28-15-5-1-2-6-16(15)29(26,27)25-12-14(24-10-8-22-9-11-24)17-13(25)4-3-7-23-17/h1-7,12,22H,8-11H2. The van der Waals surface area contributed by atoms with Crippen molar-refractivity contribution in [1.82, 2.24) is 14.3 Å². The fraction of sp³-hybridized carbons (Fsp3) is 0.278. The lowest BCUT2D eigenvalue weighted by molar-refractivity contribution is -0.275. The molecule has 2 aromatic heterocycles. The zero-order chi connectivity index (χ0) is 20.6. The number of nitrogens with zero attached hydrogens (tertiary/aromatic N) is 3. The summed E-state index contributed by atoms with van der Waals surface area (Å²) in [5.41, 5.74) is 1.36. The molecule has 1 aliphatic heterocycles. The number of benzene rings is 1. The van der Waals surface area contributed by atoms with E-state index in [9.17, 15) is 21.6 Å². The summed E-state index contributed by atoms with van der Waals surface area (Å²) in [4.78, 5) is 5.72. The van der Waals surface area contributed by atoms with E-state index in [-0.39, 0.29) is 5.52 Å². The highest BCUT2D eigenvalue weighted by atomic mass is 32.2. The van der Waals surface area contributed by atoms with Crippen LogP contribution in [0, 0.1) is 0 Å². The summed E-state index contributed by atoms with van der Waals surface area (Å²) < 4.78 is 69.8. The predicted octanol–water partition coefficient (Wildman–Crippen LogP) is 2.58. The van der Waals surface area contributed by atoms with E-state index in [1.54, 1.807) is 18.3 Å². The number of nitrogens with one attached hydrogen (secondary N) is 1. The number of anilines is 1. The summed E-state index contributed by atoms with van der Waals surface area (Å²) >= 11 is 0. The van der Waals surface area contributed by atoms with E-state index in [2.05, 4.69) is 15.0 Å². The van der Waals surface area contributed by atoms with Crippen LogP contribution in [-0.4, -0.2) is 49.9 Å². The number of fused-ring (bicyclic) bond motifs is 1. The Balaban J connectivity index is 1.87. The lowest BCUT2D eigenvalue weighted by Crippen LogP contribution is -2.43. The van der Waals surface area contributed by atoms with Crippen LogP contribution < -0.4 is 15.0 Å². The third-order valence-electron chi connectivity index (χ3n) is 4.58. The first kappa shape index (κ1) is 19.5. The monoisotopic (exact) mass is 426 g/mol. The zero-order valence-electron chi connectivity index (χ0n) is 15.1. The maximum absolute atomic E-state index is 13.3. The number of hydrogen-bond acceptors (Lipinski definition) is 6. The number of pyridine rings is 1. The lowest BCUT2D eigenvalue weighted by Gasteiger charge is -2.28. The third-order valence-corrected chi connectivity index (χ3v) is 6.29. The zero-order valence-corrected chi connectivity index (χ0v) is 15.9. The number of para-hydroxylation sites is 1. The fourth-order valence-corrected chi connectivity index (χ4v) is 4.80. The predicted molar refractivity (Wildman–Crippen MR) is 101 cm³/mol. The number of halogens is 3. The minimum Gasteiger partial charge on any atom is -0.404 e. The Morgan fingerprint density at radius 2 is 1.79 bits per heavy atom. The highest BCUT2D eigenvalue weighted by molar-refractivity contribution is 7.90. The Kier molecular flexibility index (Phi) is 4.87. The number of rotatable bonds is 4. The molecule has 0 radical (unpaired) electrons. The molecule has 11 heteroatoms. The van der Waals surface area contributed by atoms with Gasteiger partial charge in [0, 0.05) is 38.6 Å². The smallest absolute Gasteiger partial charge is 0.404 e. The Morgan fingerprint density at radius 3 is 2.52 bits per heavy atom. The molecule has 0 bridgehead atoms. The number of hydrogen-bond donors (Lipinski definition) is 1. The first-order valence-corrected chi connectivity index (χ1v) is 10.2. The normalized spacial score (nSPS) is 15.6. The van der Waals surface area contributed by atoms with E-state index in [1.807, 2.05) is 4.90 Å². The van der Waals surface area contributed by atoms with Gasteiger partial charge >= 0.3 is 6.36 Å². The van der Waals surface area contributed by atoms with Crippen LogP contribution in [-0.2, 0) is 10.0 Å². The second kappa shape index (κ2) is 7.23. The SMILES string of the molecule is O=S(=O)(c1ccccc1OC(F)(F)F)n1cc(N2CCNCC2)c2ncccc21. The Labute approximate surface area is 164 Å². The lowest BCUT2D eigenvalue weighted by atomic mass is 10.3. The van der Waals surface area contributed by atoms with Crippen LogP contribution in [0.2, 0.25) is 0 Å². The van der Waals surface area contributed by atoms with Gasteiger partial charge in [-0.3, -0.25) is 4.98 Å². The Hall–Kier alpha value is -2.79. The van der Waals surface area contributed by atoms with Crippen molar-refractivity contribution in [3.05, 3.63) is 48.8 Å². The molecular formula is C18H17F3N4O3S. The number of piperazine rings is 1. The molecule has 3 aromatic rings. The maximum Gasteiger partial charge on any atom is 0.573 e. The second-order valence-electron chi connectivity index (χ2n) is 6.42. The molecule has 1 aliphatic rings. The van der Waals surface area contributed by atoms with Crippen molar-refractivity contribution in [2.24, 2.45) is 0 Å².